The average Bonchev–Trinajstić information content (AvgIpc) is 2.48. The molecule has 0 unspecified atom stereocenters. The van der Waals surface area contributed by atoms with Crippen molar-refractivity contribution >= 4 is 15.6 Å². The maximum Gasteiger partial charge on any atom is 0.240 e. The van der Waals surface area contributed by atoms with Gasteiger partial charge in [-0.15, -0.1) is 0 Å². The Bertz CT molecular complexity index is 755. The molecule has 0 aliphatic carbocycles. The van der Waals surface area contributed by atoms with Crippen LogP contribution in [0.2, 0.25) is 0 Å². The van der Waals surface area contributed by atoms with Gasteiger partial charge in [0.05, 0.1) is 4.90 Å². The summed E-state index contributed by atoms with van der Waals surface area (Å²) >= 11 is 0. The Labute approximate surface area is 124 Å². The molecule has 1 N–H and O–H groups in total. The van der Waals surface area contributed by atoms with Crippen molar-refractivity contribution in [1.82, 2.24) is 4.72 Å². The lowest BCUT2D eigenvalue weighted by atomic mass is 10.00. The predicted molar refractivity (Wildman–Crippen MR) is 81.8 cm³/mol. The van der Waals surface area contributed by atoms with Crippen LogP contribution >= 0.6 is 0 Å². The fourth-order valence-corrected chi connectivity index (χ4v) is 3.01. The summed E-state index contributed by atoms with van der Waals surface area (Å²) in [5, 5.41) is 0. The van der Waals surface area contributed by atoms with E-state index in [0.29, 0.717) is 5.56 Å². The molecule has 0 bridgehead atoms. The zero-order valence-corrected chi connectivity index (χ0v) is 12.5. The van der Waals surface area contributed by atoms with Crippen LogP contribution in [-0.4, -0.2) is 15.5 Å². The highest BCUT2D eigenvalue weighted by Gasteiger charge is 2.17. The first-order valence-electron chi connectivity index (χ1n) is 6.39. The molecule has 2 aromatic carbocycles. The molecule has 0 atom stereocenters. The molecule has 0 aromatic heterocycles. The molecule has 21 heavy (non-hydrogen) atoms. The van der Waals surface area contributed by atoms with Crippen LogP contribution < -0.4 is 4.72 Å². The molecule has 5 heteroatoms. The van der Waals surface area contributed by atoms with Gasteiger partial charge in [-0.1, -0.05) is 36.9 Å². The van der Waals surface area contributed by atoms with Crippen molar-refractivity contribution in [1.29, 1.82) is 0 Å². The van der Waals surface area contributed by atoms with Crippen LogP contribution in [0.3, 0.4) is 0 Å². The lowest BCUT2D eigenvalue weighted by molar-refractivity contribution is 0.586. The third-order valence-electron chi connectivity index (χ3n) is 3.17. The normalized spacial score (nSPS) is 11.3. The quantitative estimate of drug-likeness (QED) is 0.923. The molecular formula is C16H16FNO2S. The molecule has 3 nitrogen and oxygen atoms in total. The molecule has 2 rings (SSSR count). The van der Waals surface area contributed by atoms with E-state index in [4.69, 9.17) is 0 Å². The van der Waals surface area contributed by atoms with E-state index in [1.165, 1.54) is 19.2 Å². The zero-order valence-electron chi connectivity index (χ0n) is 11.6. The molecule has 0 spiro atoms. The monoisotopic (exact) mass is 305 g/mol. The van der Waals surface area contributed by atoms with E-state index in [-0.39, 0.29) is 11.3 Å². The van der Waals surface area contributed by atoms with Crippen LogP contribution in [0.5, 0.6) is 0 Å². The van der Waals surface area contributed by atoms with Gasteiger partial charge in [-0.2, -0.15) is 0 Å². The van der Waals surface area contributed by atoms with E-state index in [1.54, 1.807) is 0 Å². The Hall–Kier alpha value is -1.98. The van der Waals surface area contributed by atoms with Crippen LogP contribution in [0.15, 0.2) is 60.0 Å². The summed E-state index contributed by atoms with van der Waals surface area (Å²) in [7, 11) is -2.30. The van der Waals surface area contributed by atoms with E-state index in [9.17, 15) is 12.8 Å². The van der Waals surface area contributed by atoms with Gasteiger partial charge in [-0.05, 0) is 48.4 Å². The highest BCUT2D eigenvalue weighted by atomic mass is 32.2. The van der Waals surface area contributed by atoms with Crippen LogP contribution in [0, 0.1) is 5.82 Å². The summed E-state index contributed by atoms with van der Waals surface area (Å²) in [6, 6.07) is 13.0. The van der Waals surface area contributed by atoms with E-state index >= 15 is 0 Å². The number of benzene rings is 2. The summed E-state index contributed by atoms with van der Waals surface area (Å²) in [6.45, 7) is 3.96. The predicted octanol–water partition coefficient (Wildman–Crippen LogP) is 2.99. The first-order valence-corrected chi connectivity index (χ1v) is 7.87. The van der Waals surface area contributed by atoms with Gasteiger partial charge in [0.25, 0.3) is 0 Å². The Kier molecular flexibility index (Phi) is 4.55. The van der Waals surface area contributed by atoms with Crippen molar-refractivity contribution in [3.05, 3.63) is 72.1 Å². The van der Waals surface area contributed by atoms with Gasteiger partial charge in [-0.3, -0.25) is 0 Å². The van der Waals surface area contributed by atoms with Crippen LogP contribution in [-0.2, 0) is 16.4 Å². The fraction of sp³-hybridized carbons (Fsp3) is 0.125. The molecule has 0 heterocycles. The average molecular weight is 305 g/mol. The Balaban J connectivity index is 2.40. The standard InChI is InChI=1S/C16H16FNO2S/c1-12(13-6-4-3-5-7-13)10-14-11-15(17)8-9-16(14)21(19,20)18-2/h3-9,11,18H,1,10H2,2H3. The molecule has 0 fully saturated rings. The zero-order chi connectivity index (χ0) is 15.5. The third kappa shape index (κ3) is 3.56. The van der Waals surface area contributed by atoms with Crippen LogP contribution in [0.4, 0.5) is 4.39 Å². The number of nitrogens with one attached hydrogen (secondary N) is 1. The molecule has 0 amide bonds. The van der Waals surface area contributed by atoms with Crippen molar-refractivity contribution in [3.63, 3.8) is 0 Å². The first-order chi connectivity index (χ1) is 9.94. The van der Waals surface area contributed by atoms with Crippen molar-refractivity contribution < 1.29 is 12.8 Å². The summed E-state index contributed by atoms with van der Waals surface area (Å²) in [5.41, 5.74) is 2.02. The second-order valence-electron chi connectivity index (χ2n) is 4.61. The van der Waals surface area contributed by atoms with Crippen molar-refractivity contribution in [2.24, 2.45) is 0 Å². The van der Waals surface area contributed by atoms with E-state index in [1.807, 2.05) is 30.3 Å². The Morgan fingerprint density at radius 3 is 2.48 bits per heavy atom. The topological polar surface area (TPSA) is 46.2 Å². The Morgan fingerprint density at radius 1 is 1.19 bits per heavy atom. The smallest absolute Gasteiger partial charge is 0.214 e. The lowest BCUT2D eigenvalue weighted by Gasteiger charge is -2.12. The molecule has 110 valence electrons. The SMILES string of the molecule is C=C(Cc1cc(F)ccc1S(=O)(=O)NC)c1ccccc1. The molecule has 2 aromatic rings. The number of hydrogen-bond acceptors (Lipinski definition) is 2. The van der Waals surface area contributed by atoms with Crippen molar-refractivity contribution in [3.8, 4) is 0 Å². The second kappa shape index (κ2) is 6.20. The number of hydrogen-bond donors (Lipinski definition) is 1. The van der Waals surface area contributed by atoms with Gasteiger partial charge in [0.2, 0.25) is 10.0 Å². The van der Waals surface area contributed by atoms with Gasteiger partial charge in [0, 0.05) is 0 Å². The van der Waals surface area contributed by atoms with Crippen molar-refractivity contribution in [2.75, 3.05) is 7.05 Å². The van der Waals surface area contributed by atoms with Crippen molar-refractivity contribution in [2.45, 2.75) is 11.3 Å². The largest absolute Gasteiger partial charge is 0.240 e. The van der Waals surface area contributed by atoms with E-state index in [0.717, 1.165) is 17.2 Å². The maximum absolute atomic E-state index is 13.4. The summed E-state index contributed by atoms with van der Waals surface area (Å²) < 4.78 is 39.7. The van der Waals surface area contributed by atoms with Gasteiger partial charge < -0.3 is 0 Å². The third-order valence-corrected chi connectivity index (χ3v) is 4.68. The molecule has 0 saturated heterocycles. The van der Waals surface area contributed by atoms with Gasteiger partial charge in [0.1, 0.15) is 5.82 Å². The molecule has 0 aliphatic heterocycles. The van der Waals surface area contributed by atoms with Crippen LogP contribution in [0.1, 0.15) is 11.1 Å². The minimum Gasteiger partial charge on any atom is -0.214 e. The molecular weight excluding hydrogens is 289 g/mol. The van der Waals surface area contributed by atoms with Gasteiger partial charge >= 0.3 is 0 Å². The van der Waals surface area contributed by atoms with Crippen LogP contribution in [0.25, 0.3) is 5.57 Å². The number of rotatable bonds is 5. The summed E-state index contributed by atoms with van der Waals surface area (Å²) in [4.78, 5) is 0.0727. The highest BCUT2D eigenvalue weighted by Crippen LogP contribution is 2.23. The molecule has 0 radical (unpaired) electrons. The fourth-order valence-electron chi connectivity index (χ4n) is 2.06. The van der Waals surface area contributed by atoms with Gasteiger partial charge in [0.15, 0.2) is 0 Å². The maximum atomic E-state index is 13.4. The minimum atomic E-state index is -3.63. The highest BCUT2D eigenvalue weighted by molar-refractivity contribution is 7.89. The minimum absolute atomic E-state index is 0.0727. The first kappa shape index (κ1) is 15.4. The lowest BCUT2D eigenvalue weighted by Crippen LogP contribution is -2.20. The van der Waals surface area contributed by atoms with E-state index < -0.39 is 15.8 Å². The number of sulfonamides is 1. The summed E-state index contributed by atoms with van der Waals surface area (Å²) in [5.74, 6) is -0.471. The molecule has 0 aliphatic rings. The molecule has 0 saturated carbocycles. The van der Waals surface area contributed by atoms with Gasteiger partial charge in [-0.25, -0.2) is 17.5 Å². The number of halogens is 1. The number of allylic oxidation sites excluding steroid dienone is 1. The summed E-state index contributed by atoms with van der Waals surface area (Å²) in [6.07, 6.45) is 0.262. The van der Waals surface area contributed by atoms with E-state index in [2.05, 4.69) is 11.3 Å². The second-order valence-corrected chi connectivity index (χ2v) is 6.46. The Morgan fingerprint density at radius 2 is 1.86 bits per heavy atom.